The third-order valence-electron chi connectivity index (χ3n) is 5.62. The third kappa shape index (κ3) is 4.89. The molecule has 1 amide bonds. The van der Waals surface area contributed by atoms with Gasteiger partial charge in [0.25, 0.3) is 0 Å². The zero-order chi connectivity index (χ0) is 19.2. The number of anilines is 2. The summed E-state index contributed by atoms with van der Waals surface area (Å²) in [5.74, 6) is 1.77. The number of unbranched alkanes of at least 4 members (excludes halogenated alkanes) is 1. The first kappa shape index (κ1) is 19.9. The lowest BCUT2D eigenvalue weighted by molar-refractivity contribution is -0.117. The quantitative estimate of drug-likeness (QED) is 0.668. The van der Waals surface area contributed by atoms with Gasteiger partial charge >= 0.3 is 6.01 Å². The van der Waals surface area contributed by atoms with Gasteiger partial charge in [0.05, 0.1) is 13.0 Å². The molecule has 150 valence electrons. The number of likely N-dealkylation sites (tertiary alicyclic amines) is 1. The second-order valence-electron chi connectivity index (χ2n) is 7.69. The Hall–Kier alpha value is -1.89. The van der Waals surface area contributed by atoms with Gasteiger partial charge in [-0.2, -0.15) is 9.97 Å². The fourth-order valence-electron chi connectivity index (χ4n) is 3.96. The Kier molecular flexibility index (Phi) is 6.88. The number of nitrogen functional groups attached to an aromatic ring is 1. The number of fused-ring (bicyclic) bond motifs is 1. The highest BCUT2D eigenvalue weighted by Gasteiger charge is 2.32. The van der Waals surface area contributed by atoms with Crippen LogP contribution in [-0.2, 0) is 11.2 Å². The first-order valence-corrected chi connectivity index (χ1v) is 10.4. The largest absolute Gasteiger partial charge is 0.463 e. The highest BCUT2D eigenvalue weighted by molar-refractivity contribution is 6.01. The number of carbonyl (C=O) groups is 1. The fraction of sp³-hybridized carbons (Fsp3) is 0.750. The topological polar surface area (TPSA) is 84.6 Å². The molecule has 0 aromatic carbocycles. The molecule has 3 heterocycles. The van der Waals surface area contributed by atoms with Crippen molar-refractivity contribution in [3.05, 3.63) is 5.56 Å². The van der Waals surface area contributed by atoms with E-state index in [9.17, 15) is 4.79 Å². The molecule has 1 saturated heterocycles. The van der Waals surface area contributed by atoms with E-state index in [2.05, 4.69) is 28.7 Å². The summed E-state index contributed by atoms with van der Waals surface area (Å²) in [5, 5.41) is 0. The lowest BCUT2D eigenvalue weighted by Gasteiger charge is -2.32. The van der Waals surface area contributed by atoms with Crippen molar-refractivity contribution in [1.82, 2.24) is 14.9 Å². The molecule has 0 unspecified atom stereocenters. The van der Waals surface area contributed by atoms with Crippen molar-refractivity contribution in [2.45, 2.75) is 58.8 Å². The second-order valence-corrected chi connectivity index (χ2v) is 7.69. The number of nitrogens with two attached hydrogens (primary N) is 1. The minimum absolute atomic E-state index is 0.0696. The first-order chi connectivity index (χ1) is 13.1. The molecule has 1 aromatic rings. The molecular weight excluding hydrogens is 342 g/mol. The van der Waals surface area contributed by atoms with Gasteiger partial charge in [-0.1, -0.05) is 20.3 Å². The van der Waals surface area contributed by atoms with Gasteiger partial charge in [-0.05, 0) is 57.7 Å². The second kappa shape index (κ2) is 9.35. The molecule has 2 aliphatic rings. The molecule has 0 radical (unpaired) electrons. The summed E-state index contributed by atoms with van der Waals surface area (Å²) in [7, 11) is 0. The van der Waals surface area contributed by atoms with E-state index in [1.165, 1.54) is 38.9 Å². The zero-order valence-electron chi connectivity index (χ0n) is 16.7. The number of ether oxygens (including phenoxy) is 1. The molecular formula is C20H33N5O2. The number of carbonyl (C=O) groups excluding carboxylic acids is 1. The molecule has 1 fully saturated rings. The summed E-state index contributed by atoms with van der Waals surface area (Å²) >= 11 is 0. The van der Waals surface area contributed by atoms with Crippen molar-refractivity contribution in [2.24, 2.45) is 5.92 Å². The summed E-state index contributed by atoms with van der Waals surface area (Å²) in [4.78, 5) is 25.6. The normalized spacial score (nSPS) is 18.1. The van der Waals surface area contributed by atoms with Crippen molar-refractivity contribution in [3.8, 4) is 6.01 Å². The van der Waals surface area contributed by atoms with Crippen LogP contribution in [0, 0.1) is 5.92 Å². The molecule has 27 heavy (non-hydrogen) atoms. The summed E-state index contributed by atoms with van der Waals surface area (Å²) < 4.78 is 5.62. The lowest BCUT2D eigenvalue weighted by atomic mass is 9.93. The van der Waals surface area contributed by atoms with E-state index in [-0.39, 0.29) is 11.9 Å². The zero-order valence-corrected chi connectivity index (χ0v) is 16.7. The van der Waals surface area contributed by atoms with E-state index < -0.39 is 0 Å². The van der Waals surface area contributed by atoms with Crippen molar-refractivity contribution in [2.75, 3.05) is 43.4 Å². The van der Waals surface area contributed by atoms with Crippen molar-refractivity contribution in [1.29, 1.82) is 0 Å². The molecule has 7 heteroatoms. The lowest BCUT2D eigenvalue weighted by Crippen LogP contribution is -2.36. The standard InChI is InChI=1S/C20H33N5O2/c1-3-5-13-27-20-22-18(21)16-14-17(26)25(19(16)23-20)12-8-15-6-10-24(9-4-2)11-7-15/h15H,3-14H2,1-2H3,(H2,21,22,23). The Balaban J connectivity index is 1.60. The highest BCUT2D eigenvalue weighted by Crippen LogP contribution is 2.33. The minimum atomic E-state index is 0.0696. The molecule has 1 aromatic heterocycles. The van der Waals surface area contributed by atoms with Crippen LogP contribution >= 0.6 is 0 Å². The van der Waals surface area contributed by atoms with Crippen molar-refractivity contribution < 1.29 is 9.53 Å². The molecule has 0 aliphatic carbocycles. The molecule has 0 bridgehead atoms. The van der Waals surface area contributed by atoms with Gasteiger partial charge in [0.15, 0.2) is 0 Å². The first-order valence-electron chi connectivity index (χ1n) is 10.4. The van der Waals surface area contributed by atoms with E-state index in [0.29, 0.717) is 37.1 Å². The Bertz CT molecular complexity index is 644. The highest BCUT2D eigenvalue weighted by atomic mass is 16.5. The van der Waals surface area contributed by atoms with E-state index in [1.807, 2.05) is 0 Å². The summed E-state index contributed by atoms with van der Waals surface area (Å²) in [5.41, 5.74) is 6.82. The van der Waals surface area contributed by atoms with Crippen LogP contribution in [0.5, 0.6) is 6.01 Å². The van der Waals surface area contributed by atoms with Crippen LogP contribution in [0.15, 0.2) is 0 Å². The number of hydrogen-bond donors (Lipinski definition) is 1. The molecule has 3 rings (SSSR count). The predicted octanol–water partition coefficient (Wildman–Crippen LogP) is 2.64. The predicted molar refractivity (Wildman–Crippen MR) is 107 cm³/mol. The average Bonchev–Trinajstić information content (AvgIpc) is 2.98. The average molecular weight is 376 g/mol. The Morgan fingerprint density at radius 3 is 2.63 bits per heavy atom. The van der Waals surface area contributed by atoms with E-state index >= 15 is 0 Å². The van der Waals surface area contributed by atoms with Crippen LogP contribution in [0.25, 0.3) is 0 Å². The van der Waals surface area contributed by atoms with Crippen LogP contribution < -0.4 is 15.4 Å². The number of nitrogens with zero attached hydrogens (tertiary/aromatic N) is 4. The van der Waals surface area contributed by atoms with Gasteiger partial charge in [-0.3, -0.25) is 9.69 Å². The Morgan fingerprint density at radius 1 is 1.15 bits per heavy atom. The third-order valence-corrected chi connectivity index (χ3v) is 5.62. The van der Waals surface area contributed by atoms with Gasteiger partial charge in [0, 0.05) is 12.1 Å². The minimum Gasteiger partial charge on any atom is -0.463 e. The molecule has 0 saturated carbocycles. The molecule has 2 N–H and O–H groups in total. The maximum Gasteiger partial charge on any atom is 0.320 e. The summed E-state index contributed by atoms with van der Waals surface area (Å²) in [6, 6.07) is 0.285. The maximum atomic E-state index is 12.5. The van der Waals surface area contributed by atoms with Crippen LogP contribution in [0.2, 0.25) is 0 Å². The van der Waals surface area contributed by atoms with Gasteiger partial charge < -0.3 is 15.4 Å². The van der Waals surface area contributed by atoms with Gasteiger partial charge in [0.2, 0.25) is 5.91 Å². The molecule has 2 aliphatic heterocycles. The van der Waals surface area contributed by atoms with Crippen molar-refractivity contribution in [3.63, 3.8) is 0 Å². The maximum absolute atomic E-state index is 12.5. The smallest absolute Gasteiger partial charge is 0.320 e. The van der Waals surface area contributed by atoms with E-state index in [4.69, 9.17) is 10.5 Å². The van der Waals surface area contributed by atoms with Gasteiger partial charge in [-0.25, -0.2) is 0 Å². The van der Waals surface area contributed by atoms with Crippen LogP contribution in [0.4, 0.5) is 11.6 Å². The van der Waals surface area contributed by atoms with E-state index in [1.54, 1.807) is 4.90 Å². The van der Waals surface area contributed by atoms with Gasteiger partial charge in [0.1, 0.15) is 11.6 Å². The van der Waals surface area contributed by atoms with Crippen LogP contribution in [0.1, 0.15) is 57.9 Å². The number of hydrogen-bond acceptors (Lipinski definition) is 6. The number of amides is 1. The number of rotatable bonds is 9. The SMILES string of the molecule is CCCCOc1nc(N)c2c(n1)N(CCC1CCN(CCC)CC1)C(=O)C2. The Morgan fingerprint density at radius 2 is 1.93 bits per heavy atom. The Labute approximate surface area is 162 Å². The van der Waals surface area contributed by atoms with E-state index in [0.717, 1.165) is 24.8 Å². The number of piperidine rings is 1. The summed E-state index contributed by atoms with van der Waals surface area (Å²) in [6.45, 7) is 9.15. The van der Waals surface area contributed by atoms with Crippen molar-refractivity contribution >= 4 is 17.5 Å². The van der Waals surface area contributed by atoms with Crippen LogP contribution in [-0.4, -0.2) is 53.6 Å². The number of aromatic nitrogens is 2. The molecule has 7 nitrogen and oxygen atoms in total. The molecule has 0 spiro atoms. The van der Waals surface area contributed by atoms with Gasteiger partial charge in [-0.15, -0.1) is 0 Å². The molecule has 0 atom stereocenters. The van der Waals surface area contributed by atoms with Crippen LogP contribution in [0.3, 0.4) is 0 Å². The summed E-state index contributed by atoms with van der Waals surface area (Å²) in [6.07, 6.45) is 6.94. The fourth-order valence-corrected chi connectivity index (χ4v) is 3.96. The monoisotopic (exact) mass is 375 g/mol.